The summed E-state index contributed by atoms with van der Waals surface area (Å²) in [7, 11) is 1.42. The van der Waals surface area contributed by atoms with Crippen LogP contribution < -0.4 is 10.5 Å². The Hall–Kier alpha value is -2.70. The fourth-order valence-corrected chi connectivity index (χ4v) is 1.52. The summed E-state index contributed by atoms with van der Waals surface area (Å²) in [6.07, 6.45) is 1.21. The van der Waals surface area contributed by atoms with Crippen molar-refractivity contribution in [2.45, 2.75) is 0 Å². The fraction of sp³-hybridized carbons (Fsp3) is 0.0833. The van der Waals surface area contributed by atoms with E-state index in [1.807, 2.05) is 0 Å². The van der Waals surface area contributed by atoms with Gasteiger partial charge in [-0.3, -0.25) is 0 Å². The van der Waals surface area contributed by atoms with Crippen molar-refractivity contribution in [1.82, 2.24) is 9.97 Å². The van der Waals surface area contributed by atoms with E-state index in [1.165, 1.54) is 31.5 Å². The molecule has 0 aliphatic heterocycles. The minimum Gasteiger partial charge on any atom is -0.497 e. The molecule has 0 bridgehead atoms. The van der Waals surface area contributed by atoms with Gasteiger partial charge < -0.3 is 15.6 Å². The number of methoxy groups -OCH3 is 1. The molecule has 7 heteroatoms. The number of carbonyl (C=O) groups is 1. The number of carboxylic acids is 1. The molecule has 0 fully saturated rings. The number of halogens is 1. The van der Waals surface area contributed by atoms with E-state index in [0.29, 0.717) is 5.75 Å². The maximum Gasteiger partial charge on any atom is 0.358 e. The number of benzene rings is 1. The standard InChI is InChI=1S/C12H10FN3O3/c1-19-6-2-3-7(8(13)4-6)9-5-15-11(14)10(16-9)12(17)18/h2-5H,1H3,(H2,14,15)(H,17,18). The predicted octanol–water partition coefficient (Wildman–Crippen LogP) is 1.57. The fourth-order valence-electron chi connectivity index (χ4n) is 1.52. The van der Waals surface area contributed by atoms with Gasteiger partial charge >= 0.3 is 5.97 Å². The smallest absolute Gasteiger partial charge is 0.358 e. The summed E-state index contributed by atoms with van der Waals surface area (Å²) >= 11 is 0. The lowest BCUT2D eigenvalue weighted by molar-refractivity contribution is 0.0691. The van der Waals surface area contributed by atoms with Gasteiger partial charge in [-0.25, -0.2) is 19.2 Å². The quantitative estimate of drug-likeness (QED) is 0.872. The van der Waals surface area contributed by atoms with Crippen molar-refractivity contribution in [2.24, 2.45) is 0 Å². The summed E-state index contributed by atoms with van der Waals surface area (Å²) in [5, 5.41) is 8.89. The Morgan fingerprint density at radius 1 is 1.47 bits per heavy atom. The molecule has 0 saturated heterocycles. The monoisotopic (exact) mass is 263 g/mol. The van der Waals surface area contributed by atoms with E-state index in [1.54, 1.807) is 0 Å². The summed E-state index contributed by atoms with van der Waals surface area (Å²) in [6.45, 7) is 0. The van der Waals surface area contributed by atoms with Gasteiger partial charge in [0.1, 0.15) is 11.6 Å². The third-order valence-corrected chi connectivity index (χ3v) is 2.46. The van der Waals surface area contributed by atoms with Crippen LogP contribution in [0.25, 0.3) is 11.3 Å². The summed E-state index contributed by atoms with van der Waals surface area (Å²) in [4.78, 5) is 18.4. The zero-order valence-corrected chi connectivity index (χ0v) is 9.92. The predicted molar refractivity (Wildman–Crippen MR) is 65.3 cm³/mol. The van der Waals surface area contributed by atoms with Gasteiger partial charge in [-0.15, -0.1) is 0 Å². The molecule has 6 nitrogen and oxygen atoms in total. The number of nitrogens with two attached hydrogens (primary N) is 1. The van der Waals surface area contributed by atoms with Gasteiger partial charge in [0.2, 0.25) is 0 Å². The molecule has 0 unspecified atom stereocenters. The van der Waals surface area contributed by atoms with Crippen molar-refractivity contribution in [3.8, 4) is 17.0 Å². The van der Waals surface area contributed by atoms with Gasteiger partial charge in [-0.05, 0) is 12.1 Å². The van der Waals surface area contributed by atoms with Gasteiger partial charge in [0.15, 0.2) is 11.5 Å². The zero-order chi connectivity index (χ0) is 14.0. The van der Waals surface area contributed by atoms with Crippen LogP contribution >= 0.6 is 0 Å². The van der Waals surface area contributed by atoms with Crippen molar-refractivity contribution in [2.75, 3.05) is 12.8 Å². The van der Waals surface area contributed by atoms with Crippen LogP contribution in [0.1, 0.15) is 10.5 Å². The Labute approximate surface area is 107 Å². The van der Waals surface area contributed by atoms with Crippen molar-refractivity contribution in [1.29, 1.82) is 0 Å². The summed E-state index contributed by atoms with van der Waals surface area (Å²) in [5.74, 6) is -1.77. The van der Waals surface area contributed by atoms with Crippen LogP contribution in [0.3, 0.4) is 0 Å². The Kier molecular flexibility index (Phi) is 3.28. The first-order chi connectivity index (χ1) is 9.02. The van der Waals surface area contributed by atoms with Gasteiger partial charge in [-0.1, -0.05) is 0 Å². The van der Waals surface area contributed by atoms with Crippen LogP contribution in [0.2, 0.25) is 0 Å². The Morgan fingerprint density at radius 2 is 2.21 bits per heavy atom. The Morgan fingerprint density at radius 3 is 2.79 bits per heavy atom. The molecule has 1 aromatic carbocycles. The normalized spacial score (nSPS) is 10.2. The van der Waals surface area contributed by atoms with Crippen molar-refractivity contribution >= 4 is 11.8 Å². The van der Waals surface area contributed by atoms with E-state index in [0.717, 1.165) is 0 Å². The average Bonchev–Trinajstić information content (AvgIpc) is 2.39. The highest BCUT2D eigenvalue weighted by Crippen LogP contribution is 2.25. The number of rotatable bonds is 3. The molecular weight excluding hydrogens is 253 g/mol. The Balaban J connectivity index is 2.53. The van der Waals surface area contributed by atoms with Gasteiger partial charge in [-0.2, -0.15) is 0 Å². The molecule has 0 aliphatic carbocycles. The first-order valence-corrected chi connectivity index (χ1v) is 5.22. The highest BCUT2D eigenvalue weighted by atomic mass is 19.1. The molecule has 98 valence electrons. The molecule has 2 rings (SSSR count). The van der Waals surface area contributed by atoms with Crippen LogP contribution in [0.5, 0.6) is 5.75 Å². The van der Waals surface area contributed by atoms with Crippen LogP contribution in [-0.4, -0.2) is 28.2 Å². The molecule has 0 radical (unpaired) electrons. The second kappa shape index (κ2) is 4.89. The second-order valence-corrected chi connectivity index (χ2v) is 3.64. The molecule has 19 heavy (non-hydrogen) atoms. The molecule has 1 heterocycles. The largest absolute Gasteiger partial charge is 0.497 e. The van der Waals surface area contributed by atoms with E-state index in [4.69, 9.17) is 15.6 Å². The highest BCUT2D eigenvalue weighted by Gasteiger charge is 2.15. The first kappa shape index (κ1) is 12.7. The number of hydrogen-bond acceptors (Lipinski definition) is 5. The van der Waals surface area contributed by atoms with E-state index >= 15 is 0 Å². The van der Waals surface area contributed by atoms with E-state index < -0.39 is 17.5 Å². The molecule has 0 amide bonds. The van der Waals surface area contributed by atoms with E-state index in [-0.39, 0.29) is 17.1 Å². The third kappa shape index (κ3) is 2.44. The van der Waals surface area contributed by atoms with Crippen LogP contribution in [0.4, 0.5) is 10.2 Å². The van der Waals surface area contributed by atoms with Crippen LogP contribution in [0, 0.1) is 5.82 Å². The number of nitrogens with zero attached hydrogens (tertiary/aromatic N) is 2. The number of anilines is 1. The van der Waals surface area contributed by atoms with Crippen LogP contribution in [-0.2, 0) is 0 Å². The molecule has 0 spiro atoms. The molecule has 2 aromatic rings. The molecule has 3 N–H and O–H groups in total. The Bertz CT molecular complexity index is 646. The number of aromatic carboxylic acids is 1. The van der Waals surface area contributed by atoms with E-state index in [9.17, 15) is 9.18 Å². The van der Waals surface area contributed by atoms with Gasteiger partial charge in [0.25, 0.3) is 0 Å². The number of carboxylic acid groups (broad SMARTS) is 1. The number of nitrogen functional groups attached to an aromatic ring is 1. The van der Waals surface area contributed by atoms with Gasteiger partial charge in [0.05, 0.1) is 19.0 Å². The van der Waals surface area contributed by atoms with Gasteiger partial charge in [0, 0.05) is 11.6 Å². The first-order valence-electron chi connectivity index (χ1n) is 5.22. The summed E-state index contributed by atoms with van der Waals surface area (Å²) < 4.78 is 18.7. The van der Waals surface area contributed by atoms with Crippen molar-refractivity contribution < 1.29 is 19.0 Å². The number of ether oxygens (including phenoxy) is 1. The maximum absolute atomic E-state index is 13.8. The minimum atomic E-state index is -1.32. The molecule has 0 aliphatic rings. The number of hydrogen-bond donors (Lipinski definition) is 2. The molecular formula is C12H10FN3O3. The lowest BCUT2D eigenvalue weighted by Gasteiger charge is -2.06. The molecule has 0 atom stereocenters. The number of aromatic nitrogens is 2. The van der Waals surface area contributed by atoms with Crippen LogP contribution in [0.15, 0.2) is 24.4 Å². The van der Waals surface area contributed by atoms with Crippen molar-refractivity contribution in [3.63, 3.8) is 0 Å². The topological polar surface area (TPSA) is 98.3 Å². The lowest BCUT2D eigenvalue weighted by atomic mass is 10.1. The summed E-state index contributed by atoms with van der Waals surface area (Å²) in [6, 6.07) is 4.14. The highest BCUT2D eigenvalue weighted by molar-refractivity contribution is 5.90. The third-order valence-electron chi connectivity index (χ3n) is 2.46. The average molecular weight is 263 g/mol. The SMILES string of the molecule is COc1ccc(-c2cnc(N)c(C(=O)O)n2)c(F)c1. The second-order valence-electron chi connectivity index (χ2n) is 3.64. The van der Waals surface area contributed by atoms with E-state index in [2.05, 4.69) is 9.97 Å². The maximum atomic E-state index is 13.8. The zero-order valence-electron chi connectivity index (χ0n) is 9.92. The lowest BCUT2D eigenvalue weighted by Crippen LogP contribution is -2.08. The molecule has 0 saturated carbocycles. The summed E-state index contributed by atoms with van der Waals surface area (Å²) in [5.41, 5.74) is 5.19. The molecule has 1 aromatic heterocycles. The minimum absolute atomic E-state index is 0.0896. The van der Waals surface area contributed by atoms with Crippen molar-refractivity contribution in [3.05, 3.63) is 35.9 Å².